The van der Waals surface area contributed by atoms with Gasteiger partial charge in [-0.1, -0.05) is 0 Å². The van der Waals surface area contributed by atoms with Crippen molar-refractivity contribution in [3.05, 3.63) is 0 Å². The molecule has 2 saturated carbocycles. The van der Waals surface area contributed by atoms with Gasteiger partial charge in [-0.2, -0.15) is 0 Å². The lowest BCUT2D eigenvalue weighted by atomic mass is 9.95. The molecule has 2 bridgehead atoms. The molecule has 4 atom stereocenters. The normalized spacial score (nSPS) is 56.7. The summed E-state index contributed by atoms with van der Waals surface area (Å²) in [6, 6.07) is 0. The Kier molecular flexibility index (Phi) is 1.08. The van der Waals surface area contributed by atoms with Crippen LogP contribution in [0.1, 0.15) is 19.3 Å². The molecular formula is C7H12O2. The predicted molar refractivity (Wildman–Crippen MR) is 32.8 cm³/mol. The monoisotopic (exact) mass is 128 g/mol. The maximum absolute atomic E-state index is 9.24. The Labute approximate surface area is 54.5 Å². The van der Waals surface area contributed by atoms with Crippen LogP contribution in [0.3, 0.4) is 0 Å². The third kappa shape index (κ3) is 0.634. The minimum absolute atomic E-state index is 0.399. The van der Waals surface area contributed by atoms with Crippen molar-refractivity contribution < 1.29 is 10.2 Å². The minimum Gasteiger partial charge on any atom is -0.390 e. The van der Waals surface area contributed by atoms with Gasteiger partial charge < -0.3 is 10.2 Å². The maximum atomic E-state index is 9.24. The molecule has 0 radical (unpaired) electrons. The van der Waals surface area contributed by atoms with E-state index < -0.39 is 12.2 Å². The van der Waals surface area contributed by atoms with Crippen LogP contribution in [0.4, 0.5) is 0 Å². The first-order valence-electron chi connectivity index (χ1n) is 3.65. The molecule has 0 amide bonds. The van der Waals surface area contributed by atoms with Gasteiger partial charge in [0, 0.05) is 0 Å². The number of aliphatic hydroxyl groups excluding tert-OH is 2. The Morgan fingerprint density at radius 3 is 1.56 bits per heavy atom. The van der Waals surface area contributed by atoms with Crippen molar-refractivity contribution >= 4 is 0 Å². The average molecular weight is 128 g/mol. The third-order valence-corrected chi connectivity index (χ3v) is 2.83. The van der Waals surface area contributed by atoms with Gasteiger partial charge in [0.15, 0.2) is 0 Å². The Morgan fingerprint density at radius 1 is 0.889 bits per heavy atom. The topological polar surface area (TPSA) is 40.5 Å². The summed E-state index contributed by atoms with van der Waals surface area (Å²) in [7, 11) is 0. The lowest BCUT2D eigenvalue weighted by Crippen LogP contribution is -2.31. The van der Waals surface area contributed by atoms with Gasteiger partial charge in [-0.15, -0.1) is 0 Å². The molecule has 2 N–H and O–H groups in total. The van der Waals surface area contributed by atoms with Crippen LogP contribution in [0.15, 0.2) is 0 Å². The molecule has 2 nitrogen and oxygen atoms in total. The average Bonchev–Trinajstić information content (AvgIpc) is 2.37. The molecule has 2 aliphatic rings. The van der Waals surface area contributed by atoms with Gasteiger partial charge in [0.05, 0.1) is 12.2 Å². The van der Waals surface area contributed by atoms with E-state index in [2.05, 4.69) is 0 Å². The molecule has 0 unspecified atom stereocenters. The Hall–Kier alpha value is -0.0800. The number of aliphatic hydroxyl groups is 2. The second kappa shape index (κ2) is 1.70. The molecule has 9 heavy (non-hydrogen) atoms. The van der Waals surface area contributed by atoms with E-state index in [0.717, 1.165) is 19.3 Å². The van der Waals surface area contributed by atoms with E-state index in [9.17, 15) is 10.2 Å². The van der Waals surface area contributed by atoms with Gasteiger partial charge in [0.2, 0.25) is 0 Å². The first-order valence-corrected chi connectivity index (χ1v) is 3.65. The van der Waals surface area contributed by atoms with Gasteiger partial charge >= 0.3 is 0 Å². The van der Waals surface area contributed by atoms with Crippen LogP contribution < -0.4 is 0 Å². The second-order valence-corrected chi connectivity index (χ2v) is 3.31. The molecule has 0 aliphatic heterocycles. The highest BCUT2D eigenvalue weighted by atomic mass is 16.3. The molecule has 2 rings (SSSR count). The maximum Gasteiger partial charge on any atom is 0.0830 e. The molecule has 2 aliphatic carbocycles. The Balaban J connectivity index is 2.15. The van der Waals surface area contributed by atoms with E-state index in [-0.39, 0.29) is 0 Å². The van der Waals surface area contributed by atoms with Crippen molar-refractivity contribution in [3.63, 3.8) is 0 Å². The molecule has 0 spiro atoms. The smallest absolute Gasteiger partial charge is 0.0830 e. The van der Waals surface area contributed by atoms with Crippen LogP contribution in [-0.2, 0) is 0 Å². The summed E-state index contributed by atoms with van der Waals surface area (Å²) in [5.41, 5.74) is 0. The summed E-state index contributed by atoms with van der Waals surface area (Å²) in [6.45, 7) is 0. The van der Waals surface area contributed by atoms with Crippen LogP contribution in [0, 0.1) is 11.8 Å². The van der Waals surface area contributed by atoms with Gasteiger partial charge in [0.25, 0.3) is 0 Å². The minimum atomic E-state index is -0.399. The van der Waals surface area contributed by atoms with Gasteiger partial charge in [-0.05, 0) is 31.1 Å². The summed E-state index contributed by atoms with van der Waals surface area (Å²) >= 11 is 0. The van der Waals surface area contributed by atoms with Crippen LogP contribution in [-0.4, -0.2) is 22.4 Å². The number of hydrogen-bond donors (Lipinski definition) is 2. The van der Waals surface area contributed by atoms with Gasteiger partial charge in [-0.3, -0.25) is 0 Å². The molecule has 2 heteroatoms. The zero-order valence-corrected chi connectivity index (χ0v) is 5.33. The fourth-order valence-corrected chi connectivity index (χ4v) is 2.23. The predicted octanol–water partition coefficient (Wildman–Crippen LogP) is 0.138. The summed E-state index contributed by atoms with van der Waals surface area (Å²) in [6.07, 6.45) is 2.51. The van der Waals surface area contributed by atoms with Crippen molar-refractivity contribution in [2.24, 2.45) is 11.8 Å². The summed E-state index contributed by atoms with van der Waals surface area (Å²) in [5.74, 6) is 0.843. The highest BCUT2D eigenvalue weighted by molar-refractivity contribution is 4.96. The number of fused-ring (bicyclic) bond motifs is 2. The molecule has 0 aromatic carbocycles. The van der Waals surface area contributed by atoms with E-state index in [1.54, 1.807) is 0 Å². The van der Waals surface area contributed by atoms with Crippen molar-refractivity contribution in [3.8, 4) is 0 Å². The largest absolute Gasteiger partial charge is 0.390 e. The molecule has 2 fully saturated rings. The number of hydrogen-bond acceptors (Lipinski definition) is 2. The first-order chi connectivity index (χ1) is 4.29. The van der Waals surface area contributed by atoms with Crippen LogP contribution >= 0.6 is 0 Å². The zero-order chi connectivity index (χ0) is 6.43. The van der Waals surface area contributed by atoms with E-state index in [1.807, 2.05) is 0 Å². The van der Waals surface area contributed by atoms with Gasteiger partial charge in [0.1, 0.15) is 0 Å². The first kappa shape index (κ1) is 5.69. The Bertz CT molecular complexity index is 106. The lowest BCUT2D eigenvalue weighted by molar-refractivity contribution is -0.0160. The molecular weight excluding hydrogens is 116 g/mol. The van der Waals surface area contributed by atoms with E-state index >= 15 is 0 Å². The molecule has 0 saturated heterocycles. The summed E-state index contributed by atoms with van der Waals surface area (Å²) < 4.78 is 0. The van der Waals surface area contributed by atoms with Crippen molar-refractivity contribution in [1.82, 2.24) is 0 Å². The van der Waals surface area contributed by atoms with Crippen LogP contribution in [0.2, 0.25) is 0 Å². The second-order valence-electron chi connectivity index (χ2n) is 3.31. The third-order valence-electron chi connectivity index (χ3n) is 2.83. The summed E-state index contributed by atoms with van der Waals surface area (Å²) in [5, 5.41) is 18.5. The van der Waals surface area contributed by atoms with Crippen LogP contribution in [0.5, 0.6) is 0 Å². The standard InChI is InChI=1S/C7H12O2/c8-6-4-1-2-5(3-4)7(6)9/h4-9H,1-3H2/t4-,5+,6-,7+. The highest BCUT2D eigenvalue weighted by Gasteiger charge is 2.45. The fourth-order valence-electron chi connectivity index (χ4n) is 2.23. The Morgan fingerprint density at radius 2 is 1.33 bits per heavy atom. The molecule has 0 aromatic rings. The van der Waals surface area contributed by atoms with Crippen molar-refractivity contribution in [2.75, 3.05) is 0 Å². The van der Waals surface area contributed by atoms with E-state index in [1.165, 1.54) is 0 Å². The molecule has 0 heterocycles. The SMILES string of the molecule is O[C@@H]1[C@@H]2CC[C@@H](C2)[C@@H]1O. The van der Waals surface area contributed by atoms with E-state index in [0.29, 0.717) is 11.8 Å². The molecule has 52 valence electrons. The summed E-state index contributed by atoms with van der Waals surface area (Å²) in [4.78, 5) is 0. The highest BCUT2D eigenvalue weighted by Crippen LogP contribution is 2.44. The fraction of sp³-hybridized carbons (Fsp3) is 1.00. The lowest BCUT2D eigenvalue weighted by Gasteiger charge is -2.21. The molecule has 0 aromatic heterocycles. The quantitative estimate of drug-likeness (QED) is 0.487. The van der Waals surface area contributed by atoms with E-state index in [4.69, 9.17) is 0 Å². The number of rotatable bonds is 0. The van der Waals surface area contributed by atoms with Crippen molar-refractivity contribution in [2.45, 2.75) is 31.5 Å². The van der Waals surface area contributed by atoms with Crippen LogP contribution in [0.25, 0.3) is 0 Å². The zero-order valence-electron chi connectivity index (χ0n) is 5.33. The van der Waals surface area contributed by atoms with Crippen molar-refractivity contribution in [1.29, 1.82) is 0 Å². The van der Waals surface area contributed by atoms with Gasteiger partial charge in [-0.25, -0.2) is 0 Å².